The molecule has 0 unspecified atom stereocenters. The Bertz CT molecular complexity index is 349. The lowest BCUT2D eigenvalue weighted by Gasteiger charge is -2.44. The van der Waals surface area contributed by atoms with Crippen molar-refractivity contribution in [2.45, 2.75) is 61.4 Å². The highest BCUT2D eigenvalue weighted by Crippen LogP contribution is 2.28. The fourth-order valence-electron chi connectivity index (χ4n) is 2.47. The van der Waals surface area contributed by atoms with E-state index in [9.17, 15) is 30.6 Å². The second kappa shape index (κ2) is 7.97. The molecule has 0 bridgehead atoms. The van der Waals surface area contributed by atoms with Gasteiger partial charge in [0.2, 0.25) is 0 Å². The fourth-order valence-corrected chi connectivity index (χ4v) is 3.00. The van der Waals surface area contributed by atoms with Gasteiger partial charge in [0.05, 0.1) is 12.7 Å². The van der Waals surface area contributed by atoms with E-state index in [0.717, 1.165) is 0 Å². The van der Waals surface area contributed by atoms with Gasteiger partial charge in [0.25, 0.3) is 0 Å². The number of aliphatic hydroxyl groups is 7. The average molecular weight is 405 g/mol. The summed E-state index contributed by atoms with van der Waals surface area (Å²) in [5.74, 6) is 0. The Hall–Kier alpha value is 0.0800. The molecule has 0 aromatic heterocycles. The minimum absolute atomic E-state index is 0.145. The topological polar surface area (TPSA) is 169 Å². The number of rotatable bonds is 4. The largest absolute Gasteiger partial charge is 0.394 e. The van der Waals surface area contributed by atoms with E-state index in [4.69, 9.17) is 19.3 Å². The lowest BCUT2D eigenvalue weighted by atomic mass is 9.98. The highest BCUT2D eigenvalue weighted by Gasteiger charge is 2.49. The molecular formula is C12H21BrO10. The van der Waals surface area contributed by atoms with Gasteiger partial charge in [0.15, 0.2) is 12.6 Å². The van der Waals surface area contributed by atoms with Crippen LogP contribution in [0.25, 0.3) is 0 Å². The molecule has 2 fully saturated rings. The van der Waals surface area contributed by atoms with Crippen molar-refractivity contribution in [3.05, 3.63) is 0 Å². The van der Waals surface area contributed by atoms with Crippen molar-refractivity contribution in [3.63, 3.8) is 0 Å². The van der Waals surface area contributed by atoms with Crippen LogP contribution in [0.15, 0.2) is 0 Å². The molecule has 0 aromatic rings. The van der Waals surface area contributed by atoms with Crippen LogP contribution in [0.5, 0.6) is 0 Å². The van der Waals surface area contributed by atoms with Crippen LogP contribution in [0.1, 0.15) is 0 Å². The molecule has 2 heterocycles. The molecular weight excluding hydrogens is 384 g/mol. The van der Waals surface area contributed by atoms with Crippen LogP contribution < -0.4 is 0 Å². The standard InChI is InChI=1S/C12H21BrO10/c13-1-3-5(15)7(17)9(19)11(21-3)23-12-10(20)8(18)6(16)4(2-14)22-12/h3-12,14-20H,1-2H2/t3-,4-,5-,6-,7+,8+,9-,10-,11-,12-/m1/s1. The van der Waals surface area contributed by atoms with Gasteiger partial charge in [-0.25, -0.2) is 0 Å². The Labute approximate surface area is 140 Å². The molecule has 0 radical (unpaired) electrons. The minimum Gasteiger partial charge on any atom is -0.394 e. The molecule has 23 heavy (non-hydrogen) atoms. The highest BCUT2D eigenvalue weighted by atomic mass is 79.9. The third-order valence-corrected chi connectivity index (χ3v) is 4.58. The van der Waals surface area contributed by atoms with Gasteiger partial charge in [0.1, 0.15) is 42.7 Å². The summed E-state index contributed by atoms with van der Waals surface area (Å²) in [6, 6.07) is 0. The molecule has 10 atom stereocenters. The number of aliphatic hydroxyl groups excluding tert-OH is 7. The molecule has 2 rings (SSSR count). The Morgan fingerprint density at radius 1 is 0.696 bits per heavy atom. The normalized spacial score (nSPS) is 51.7. The molecule has 7 N–H and O–H groups in total. The molecule has 0 spiro atoms. The quantitative estimate of drug-likeness (QED) is 0.229. The smallest absolute Gasteiger partial charge is 0.189 e. The van der Waals surface area contributed by atoms with E-state index in [0.29, 0.717) is 0 Å². The Balaban J connectivity index is 2.07. The van der Waals surface area contributed by atoms with Crippen molar-refractivity contribution in [2.24, 2.45) is 0 Å². The maximum Gasteiger partial charge on any atom is 0.189 e. The summed E-state index contributed by atoms with van der Waals surface area (Å²) >= 11 is 3.08. The van der Waals surface area contributed by atoms with Gasteiger partial charge < -0.3 is 50.0 Å². The van der Waals surface area contributed by atoms with E-state index < -0.39 is 68.0 Å². The Morgan fingerprint density at radius 2 is 1.13 bits per heavy atom. The first kappa shape index (κ1) is 19.4. The summed E-state index contributed by atoms with van der Waals surface area (Å²) in [4.78, 5) is 0. The summed E-state index contributed by atoms with van der Waals surface area (Å²) in [5.41, 5.74) is 0. The van der Waals surface area contributed by atoms with Crippen molar-refractivity contribution in [3.8, 4) is 0 Å². The first-order valence-corrected chi connectivity index (χ1v) is 8.15. The fraction of sp³-hybridized carbons (Fsp3) is 1.00. The molecule has 0 aromatic carbocycles. The SMILES string of the molecule is OC[C@H]1O[C@H](O[C@H]2O[C@H](CBr)[C@@H](O)[C@H](O)[C@H]2O)[C@H](O)[C@@H](O)[C@@H]1O. The molecule has 0 saturated carbocycles. The van der Waals surface area contributed by atoms with Gasteiger partial charge in [-0.3, -0.25) is 0 Å². The number of ether oxygens (including phenoxy) is 3. The monoisotopic (exact) mass is 404 g/mol. The summed E-state index contributed by atoms with van der Waals surface area (Å²) < 4.78 is 15.7. The van der Waals surface area contributed by atoms with Crippen molar-refractivity contribution in [1.82, 2.24) is 0 Å². The summed E-state index contributed by atoms with van der Waals surface area (Å²) in [7, 11) is 0. The Morgan fingerprint density at radius 3 is 1.57 bits per heavy atom. The average Bonchev–Trinajstić information content (AvgIpc) is 2.55. The van der Waals surface area contributed by atoms with E-state index in [2.05, 4.69) is 15.9 Å². The van der Waals surface area contributed by atoms with Gasteiger partial charge in [-0.2, -0.15) is 0 Å². The predicted octanol–water partition coefficient (Wildman–Crippen LogP) is -3.99. The number of alkyl halides is 1. The van der Waals surface area contributed by atoms with Crippen LogP contribution in [-0.2, 0) is 14.2 Å². The summed E-state index contributed by atoms with van der Waals surface area (Å²) in [6.45, 7) is -0.635. The lowest BCUT2D eigenvalue weighted by molar-refractivity contribution is -0.373. The van der Waals surface area contributed by atoms with Crippen molar-refractivity contribution in [2.75, 3.05) is 11.9 Å². The first-order valence-electron chi connectivity index (χ1n) is 7.03. The van der Waals surface area contributed by atoms with Crippen molar-refractivity contribution >= 4 is 15.9 Å². The zero-order valence-electron chi connectivity index (χ0n) is 11.9. The van der Waals surface area contributed by atoms with Crippen molar-refractivity contribution < 1.29 is 50.0 Å². The lowest BCUT2D eigenvalue weighted by Crippen LogP contribution is -2.63. The summed E-state index contributed by atoms with van der Waals surface area (Å²) in [6.07, 6.45) is -14.4. The molecule has 11 heteroatoms. The molecule has 2 aliphatic heterocycles. The highest BCUT2D eigenvalue weighted by molar-refractivity contribution is 9.09. The molecule has 2 aliphatic rings. The molecule has 2 saturated heterocycles. The maximum absolute atomic E-state index is 9.91. The van der Waals surface area contributed by atoms with Gasteiger partial charge in [-0.1, -0.05) is 15.9 Å². The van der Waals surface area contributed by atoms with Crippen molar-refractivity contribution in [1.29, 1.82) is 0 Å². The molecule has 136 valence electrons. The van der Waals surface area contributed by atoms with E-state index in [-0.39, 0.29) is 5.33 Å². The van der Waals surface area contributed by atoms with E-state index in [1.165, 1.54) is 0 Å². The van der Waals surface area contributed by atoms with Gasteiger partial charge in [-0.15, -0.1) is 0 Å². The van der Waals surface area contributed by atoms with Gasteiger partial charge >= 0.3 is 0 Å². The third kappa shape index (κ3) is 3.85. The van der Waals surface area contributed by atoms with E-state index in [1.54, 1.807) is 0 Å². The first-order chi connectivity index (χ1) is 10.8. The van der Waals surface area contributed by atoms with E-state index in [1.807, 2.05) is 0 Å². The molecule has 0 aliphatic carbocycles. The van der Waals surface area contributed by atoms with Crippen LogP contribution in [0.3, 0.4) is 0 Å². The second-order valence-electron chi connectivity index (χ2n) is 5.50. The van der Waals surface area contributed by atoms with Crippen LogP contribution >= 0.6 is 15.9 Å². The summed E-state index contributed by atoms with van der Waals surface area (Å²) in [5, 5.41) is 67.9. The van der Waals surface area contributed by atoms with Gasteiger partial charge in [0, 0.05) is 5.33 Å². The second-order valence-corrected chi connectivity index (χ2v) is 6.15. The van der Waals surface area contributed by atoms with Crippen LogP contribution in [0.2, 0.25) is 0 Å². The predicted molar refractivity (Wildman–Crippen MR) is 75.3 cm³/mol. The van der Waals surface area contributed by atoms with E-state index >= 15 is 0 Å². The zero-order valence-corrected chi connectivity index (χ0v) is 13.5. The molecule has 0 amide bonds. The Kier molecular flexibility index (Phi) is 6.73. The van der Waals surface area contributed by atoms with Crippen LogP contribution in [-0.4, -0.2) is 109 Å². The number of halogens is 1. The number of hydrogen-bond donors (Lipinski definition) is 7. The van der Waals surface area contributed by atoms with Gasteiger partial charge in [-0.05, 0) is 0 Å². The number of hydrogen-bond acceptors (Lipinski definition) is 10. The molecule has 10 nitrogen and oxygen atoms in total. The third-order valence-electron chi connectivity index (χ3n) is 3.94. The van der Waals surface area contributed by atoms with Crippen LogP contribution in [0.4, 0.5) is 0 Å². The van der Waals surface area contributed by atoms with Crippen LogP contribution in [0, 0.1) is 0 Å². The minimum atomic E-state index is -1.67. The zero-order chi connectivity index (χ0) is 17.3. The maximum atomic E-state index is 9.91.